The fraction of sp³-hybridized carbons (Fsp3) is 0.154. The number of rotatable bonds is 6. The molecule has 0 radical (unpaired) electrons. The van der Waals surface area contributed by atoms with Crippen LogP contribution in [0.3, 0.4) is 0 Å². The summed E-state index contributed by atoms with van der Waals surface area (Å²) in [5.41, 5.74) is 0.0954. The summed E-state index contributed by atoms with van der Waals surface area (Å²) in [6.07, 6.45) is 1.57. The molecule has 0 spiro atoms. The number of amides is 1. The van der Waals surface area contributed by atoms with Crippen molar-refractivity contribution in [3.63, 3.8) is 0 Å². The van der Waals surface area contributed by atoms with E-state index in [1.54, 1.807) is 24.5 Å². The van der Waals surface area contributed by atoms with Crippen LogP contribution in [0.2, 0.25) is 0 Å². The fourth-order valence-corrected chi connectivity index (χ4v) is 2.29. The number of nitro groups is 1. The Hall–Kier alpha value is -2.28. The first-order chi connectivity index (χ1) is 9.66. The molecule has 2 rings (SSSR count). The zero-order valence-electron chi connectivity index (χ0n) is 10.4. The van der Waals surface area contributed by atoms with Crippen LogP contribution in [0.1, 0.15) is 5.76 Å². The minimum absolute atomic E-state index is 0.114. The van der Waals surface area contributed by atoms with Crippen molar-refractivity contribution in [1.82, 2.24) is 0 Å². The zero-order chi connectivity index (χ0) is 14.4. The average molecular weight is 292 g/mol. The molecule has 0 aliphatic carbocycles. The molecule has 0 fully saturated rings. The second-order valence-corrected chi connectivity index (χ2v) is 4.88. The first-order valence-electron chi connectivity index (χ1n) is 5.80. The van der Waals surface area contributed by atoms with Crippen LogP contribution < -0.4 is 5.32 Å². The largest absolute Gasteiger partial charge is 0.468 e. The fourth-order valence-electron chi connectivity index (χ4n) is 1.56. The predicted molar refractivity (Wildman–Crippen MR) is 76.6 cm³/mol. The molecule has 7 heteroatoms. The standard InChI is InChI=1S/C13H12N2O4S/c16-13(9-20-8-10-4-3-7-19-10)14-11-5-1-2-6-12(11)15(17)18/h1-7H,8-9H2,(H,14,16). The van der Waals surface area contributed by atoms with Gasteiger partial charge in [0.15, 0.2) is 0 Å². The number of nitrogens with one attached hydrogen (secondary N) is 1. The highest BCUT2D eigenvalue weighted by Gasteiger charge is 2.14. The van der Waals surface area contributed by atoms with E-state index in [4.69, 9.17) is 4.42 Å². The Morgan fingerprint density at radius 1 is 1.30 bits per heavy atom. The van der Waals surface area contributed by atoms with Crippen molar-refractivity contribution in [2.45, 2.75) is 5.75 Å². The summed E-state index contributed by atoms with van der Waals surface area (Å²) in [7, 11) is 0. The van der Waals surface area contributed by atoms with Gasteiger partial charge in [0, 0.05) is 6.07 Å². The Labute approximate surface area is 119 Å². The summed E-state index contributed by atoms with van der Waals surface area (Å²) in [6.45, 7) is 0. The lowest BCUT2D eigenvalue weighted by molar-refractivity contribution is -0.383. The number of carbonyl (C=O) groups is 1. The molecule has 0 aliphatic rings. The van der Waals surface area contributed by atoms with Crippen LogP contribution in [0.4, 0.5) is 11.4 Å². The van der Waals surface area contributed by atoms with Crippen molar-refractivity contribution in [2.75, 3.05) is 11.1 Å². The molecule has 0 unspecified atom stereocenters. The van der Waals surface area contributed by atoms with Gasteiger partial charge < -0.3 is 9.73 Å². The van der Waals surface area contributed by atoms with Crippen molar-refractivity contribution in [2.24, 2.45) is 0 Å². The third-order valence-corrected chi connectivity index (χ3v) is 3.39. The Balaban J connectivity index is 1.87. The van der Waals surface area contributed by atoms with Crippen LogP contribution in [0, 0.1) is 10.1 Å². The maximum Gasteiger partial charge on any atom is 0.292 e. The van der Waals surface area contributed by atoms with Gasteiger partial charge in [0.2, 0.25) is 5.91 Å². The molecule has 1 aromatic carbocycles. The predicted octanol–water partition coefficient (Wildman–Crippen LogP) is 3.06. The van der Waals surface area contributed by atoms with Crippen LogP contribution in [-0.4, -0.2) is 16.6 Å². The molecule has 6 nitrogen and oxygen atoms in total. The maximum atomic E-state index is 11.7. The highest BCUT2D eigenvalue weighted by atomic mass is 32.2. The van der Waals surface area contributed by atoms with E-state index in [2.05, 4.69) is 5.32 Å². The summed E-state index contributed by atoms with van der Waals surface area (Å²) < 4.78 is 5.14. The molecule has 1 N–H and O–H groups in total. The summed E-state index contributed by atoms with van der Waals surface area (Å²) in [6, 6.07) is 9.66. The third-order valence-electron chi connectivity index (χ3n) is 2.43. The number of furan rings is 1. The van der Waals surface area contributed by atoms with Gasteiger partial charge in [0.25, 0.3) is 5.69 Å². The molecule has 104 valence electrons. The highest BCUT2D eigenvalue weighted by molar-refractivity contribution is 7.99. The van der Waals surface area contributed by atoms with Gasteiger partial charge in [-0.3, -0.25) is 14.9 Å². The van der Waals surface area contributed by atoms with Crippen molar-refractivity contribution in [3.8, 4) is 0 Å². The number of thioether (sulfide) groups is 1. The normalized spacial score (nSPS) is 10.2. The molecular weight excluding hydrogens is 280 g/mol. The van der Waals surface area contributed by atoms with Crippen LogP contribution >= 0.6 is 11.8 Å². The van der Waals surface area contributed by atoms with Crippen LogP contribution in [-0.2, 0) is 10.5 Å². The summed E-state index contributed by atoms with van der Waals surface area (Å²) in [4.78, 5) is 22.0. The smallest absolute Gasteiger partial charge is 0.292 e. The Morgan fingerprint density at radius 3 is 2.80 bits per heavy atom. The Kier molecular flexibility index (Phi) is 4.78. The van der Waals surface area contributed by atoms with Crippen molar-refractivity contribution >= 4 is 29.0 Å². The van der Waals surface area contributed by atoms with E-state index in [1.807, 2.05) is 6.07 Å². The van der Waals surface area contributed by atoms with E-state index in [-0.39, 0.29) is 23.0 Å². The summed E-state index contributed by atoms with van der Waals surface area (Å²) in [5.74, 6) is 1.29. The van der Waals surface area contributed by atoms with Crippen LogP contribution in [0.25, 0.3) is 0 Å². The summed E-state index contributed by atoms with van der Waals surface area (Å²) in [5, 5.41) is 13.3. The number of carbonyl (C=O) groups excluding carboxylic acids is 1. The van der Waals surface area contributed by atoms with Crippen molar-refractivity contribution < 1.29 is 14.1 Å². The monoisotopic (exact) mass is 292 g/mol. The number of nitro benzene ring substituents is 1. The van der Waals surface area contributed by atoms with Crippen molar-refractivity contribution in [3.05, 3.63) is 58.5 Å². The first-order valence-corrected chi connectivity index (χ1v) is 6.95. The second-order valence-electron chi connectivity index (χ2n) is 3.89. The van der Waals surface area contributed by atoms with E-state index in [9.17, 15) is 14.9 Å². The number of anilines is 1. The molecule has 2 aromatic rings. The number of hydrogen-bond donors (Lipinski definition) is 1. The second kappa shape index (κ2) is 6.76. The van der Waals surface area contributed by atoms with E-state index < -0.39 is 4.92 Å². The van der Waals surface area contributed by atoms with Gasteiger partial charge in [0.1, 0.15) is 11.4 Å². The average Bonchev–Trinajstić information content (AvgIpc) is 2.92. The van der Waals surface area contributed by atoms with Gasteiger partial charge >= 0.3 is 0 Å². The Bertz CT molecular complexity index is 598. The molecular formula is C13H12N2O4S. The maximum absolute atomic E-state index is 11.7. The number of benzene rings is 1. The third kappa shape index (κ3) is 3.86. The van der Waals surface area contributed by atoms with Gasteiger partial charge in [-0.25, -0.2) is 0 Å². The molecule has 0 bridgehead atoms. The molecule has 0 atom stereocenters. The SMILES string of the molecule is O=C(CSCc1ccco1)Nc1ccccc1[N+](=O)[O-]. The lowest BCUT2D eigenvalue weighted by Crippen LogP contribution is -2.15. The molecule has 1 amide bonds. The van der Waals surface area contributed by atoms with Crippen LogP contribution in [0.15, 0.2) is 47.1 Å². The molecule has 20 heavy (non-hydrogen) atoms. The lowest BCUT2D eigenvalue weighted by atomic mass is 10.2. The minimum atomic E-state index is -0.522. The minimum Gasteiger partial charge on any atom is -0.468 e. The number of para-hydroxylation sites is 2. The van der Waals surface area contributed by atoms with E-state index in [0.29, 0.717) is 5.75 Å². The van der Waals surface area contributed by atoms with Gasteiger partial charge in [-0.05, 0) is 18.2 Å². The molecule has 0 saturated carbocycles. The summed E-state index contributed by atoms with van der Waals surface area (Å²) >= 11 is 1.38. The number of nitrogens with zero attached hydrogens (tertiary/aromatic N) is 1. The van der Waals surface area contributed by atoms with E-state index in [1.165, 1.54) is 23.9 Å². The highest BCUT2D eigenvalue weighted by Crippen LogP contribution is 2.23. The van der Waals surface area contributed by atoms with Crippen LogP contribution in [0.5, 0.6) is 0 Å². The van der Waals surface area contributed by atoms with Gasteiger partial charge in [-0.15, -0.1) is 11.8 Å². The van der Waals surface area contributed by atoms with Gasteiger partial charge in [-0.2, -0.15) is 0 Å². The quantitative estimate of drug-likeness (QED) is 0.653. The molecule has 0 saturated heterocycles. The van der Waals surface area contributed by atoms with Gasteiger partial charge in [-0.1, -0.05) is 12.1 Å². The topological polar surface area (TPSA) is 85.4 Å². The van der Waals surface area contributed by atoms with Gasteiger partial charge in [0.05, 0.1) is 22.7 Å². The van der Waals surface area contributed by atoms with Crippen molar-refractivity contribution in [1.29, 1.82) is 0 Å². The lowest BCUT2D eigenvalue weighted by Gasteiger charge is -2.05. The van der Waals surface area contributed by atoms with E-state index >= 15 is 0 Å². The molecule has 0 aliphatic heterocycles. The zero-order valence-corrected chi connectivity index (χ0v) is 11.3. The molecule has 1 aromatic heterocycles. The first kappa shape index (κ1) is 14.1. The Morgan fingerprint density at radius 2 is 2.10 bits per heavy atom. The number of hydrogen-bond acceptors (Lipinski definition) is 5. The van der Waals surface area contributed by atoms with E-state index in [0.717, 1.165) is 5.76 Å². The molecule has 1 heterocycles.